The van der Waals surface area contributed by atoms with E-state index in [1.165, 1.54) is 6.07 Å². The van der Waals surface area contributed by atoms with Gasteiger partial charge in [0.2, 0.25) is 0 Å². The second-order valence-electron chi connectivity index (χ2n) is 4.99. The van der Waals surface area contributed by atoms with Crippen molar-refractivity contribution in [3.05, 3.63) is 58.6 Å². The molecule has 1 heterocycles. The van der Waals surface area contributed by atoms with Gasteiger partial charge in [0.25, 0.3) is 0 Å². The van der Waals surface area contributed by atoms with Crippen LogP contribution in [-0.4, -0.2) is 18.1 Å². The maximum absolute atomic E-state index is 14.2. The summed E-state index contributed by atoms with van der Waals surface area (Å²) in [6.45, 7) is 3.89. The number of halogens is 2. The van der Waals surface area contributed by atoms with Crippen LogP contribution in [0.1, 0.15) is 31.0 Å². The molecule has 1 N–H and O–H groups in total. The second-order valence-corrected chi connectivity index (χ2v) is 5.39. The van der Waals surface area contributed by atoms with E-state index in [2.05, 4.69) is 10.3 Å². The Kier molecular flexibility index (Phi) is 5.15. The van der Waals surface area contributed by atoms with Gasteiger partial charge in [0.15, 0.2) is 0 Å². The van der Waals surface area contributed by atoms with Crippen LogP contribution in [0.4, 0.5) is 4.39 Å². The summed E-state index contributed by atoms with van der Waals surface area (Å²) in [4.78, 5) is 4.16. The fourth-order valence-corrected chi connectivity index (χ4v) is 2.36. The van der Waals surface area contributed by atoms with Gasteiger partial charge in [0.1, 0.15) is 11.6 Å². The quantitative estimate of drug-likeness (QED) is 0.907. The van der Waals surface area contributed by atoms with E-state index in [-0.39, 0.29) is 17.2 Å². The lowest BCUT2D eigenvalue weighted by Gasteiger charge is -2.19. The standard InChI is InChI=1S/C16H18ClFN2O/c1-10(2)21-12-7-11(8-20-9-12)16(19-3)13-5-4-6-14(17)15(13)18/h4-10,16,19H,1-3H3. The first-order chi connectivity index (χ1) is 10.0. The number of nitrogens with one attached hydrogen (secondary N) is 1. The highest BCUT2D eigenvalue weighted by atomic mass is 35.5. The summed E-state index contributed by atoms with van der Waals surface area (Å²) in [6, 6.07) is 6.48. The number of benzene rings is 1. The minimum atomic E-state index is -0.423. The third-order valence-corrected chi connectivity index (χ3v) is 3.31. The maximum atomic E-state index is 14.2. The molecule has 1 aromatic heterocycles. The summed E-state index contributed by atoms with van der Waals surface area (Å²) in [5.41, 5.74) is 1.30. The average molecular weight is 309 g/mol. The molecule has 1 unspecified atom stereocenters. The highest BCUT2D eigenvalue weighted by Crippen LogP contribution is 2.29. The van der Waals surface area contributed by atoms with Gasteiger partial charge in [0.05, 0.1) is 23.4 Å². The smallest absolute Gasteiger partial charge is 0.146 e. The monoisotopic (exact) mass is 308 g/mol. The lowest BCUT2D eigenvalue weighted by atomic mass is 9.99. The third kappa shape index (κ3) is 3.71. The Morgan fingerprint density at radius 3 is 2.71 bits per heavy atom. The molecule has 0 aliphatic rings. The van der Waals surface area contributed by atoms with Crippen molar-refractivity contribution in [2.75, 3.05) is 7.05 Å². The van der Waals surface area contributed by atoms with Crippen LogP contribution >= 0.6 is 11.6 Å². The minimum absolute atomic E-state index is 0.0537. The summed E-state index contributed by atoms with van der Waals surface area (Å²) in [5, 5.41) is 3.20. The van der Waals surface area contributed by atoms with Crippen molar-refractivity contribution >= 4 is 11.6 Å². The van der Waals surface area contributed by atoms with Crippen LogP contribution in [0.5, 0.6) is 5.75 Å². The molecular formula is C16H18ClFN2O. The Bertz CT molecular complexity index is 619. The summed E-state index contributed by atoms with van der Waals surface area (Å²) in [6.07, 6.45) is 3.39. The molecule has 2 aromatic rings. The van der Waals surface area contributed by atoms with Gasteiger partial charge >= 0.3 is 0 Å². The topological polar surface area (TPSA) is 34.2 Å². The van der Waals surface area contributed by atoms with Crippen LogP contribution in [0.25, 0.3) is 0 Å². The number of pyridine rings is 1. The molecule has 0 aliphatic heterocycles. The molecular weight excluding hydrogens is 291 g/mol. The molecule has 0 fully saturated rings. The van der Waals surface area contributed by atoms with Crippen LogP contribution < -0.4 is 10.1 Å². The van der Waals surface area contributed by atoms with Gasteiger partial charge in [-0.3, -0.25) is 4.98 Å². The Labute approximate surface area is 129 Å². The number of hydrogen-bond acceptors (Lipinski definition) is 3. The number of rotatable bonds is 5. The number of aromatic nitrogens is 1. The van der Waals surface area contributed by atoms with E-state index in [9.17, 15) is 4.39 Å². The van der Waals surface area contributed by atoms with E-state index in [1.54, 1.807) is 31.6 Å². The largest absolute Gasteiger partial charge is 0.489 e. The van der Waals surface area contributed by atoms with Crippen molar-refractivity contribution in [2.24, 2.45) is 0 Å². The van der Waals surface area contributed by atoms with Gasteiger partial charge in [0, 0.05) is 11.8 Å². The van der Waals surface area contributed by atoms with Crippen molar-refractivity contribution in [1.82, 2.24) is 10.3 Å². The van der Waals surface area contributed by atoms with E-state index in [1.807, 2.05) is 19.9 Å². The van der Waals surface area contributed by atoms with E-state index in [0.29, 0.717) is 11.3 Å². The first kappa shape index (κ1) is 15.7. The summed E-state index contributed by atoms with van der Waals surface area (Å²) in [5.74, 6) is 0.235. The third-order valence-electron chi connectivity index (χ3n) is 3.02. The van der Waals surface area contributed by atoms with Crippen LogP contribution in [0.3, 0.4) is 0 Å². The Balaban J connectivity index is 2.39. The molecule has 0 aliphatic carbocycles. The SMILES string of the molecule is CNC(c1cncc(OC(C)C)c1)c1cccc(Cl)c1F. The highest BCUT2D eigenvalue weighted by molar-refractivity contribution is 6.30. The van der Waals surface area contributed by atoms with Gasteiger partial charge in [-0.1, -0.05) is 23.7 Å². The van der Waals surface area contributed by atoms with Crippen LogP contribution in [0.15, 0.2) is 36.7 Å². The first-order valence-corrected chi connectivity index (χ1v) is 7.13. The molecule has 21 heavy (non-hydrogen) atoms. The van der Waals surface area contributed by atoms with Gasteiger partial charge in [-0.25, -0.2) is 4.39 Å². The van der Waals surface area contributed by atoms with E-state index in [4.69, 9.17) is 16.3 Å². The molecule has 0 bridgehead atoms. The van der Waals surface area contributed by atoms with Gasteiger partial charge < -0.3 is 10.1 Å². The molecule has 0 saturated carbocycles. The molecule has 112 valence electrons. The molecule has 1 atom stereocenters. The highest BCUT2D eigenvalue weighted by Gasteiger charge is 2.18. The molecule has 1 aromatic carbocycles. The zero-order valence-corrected chi connectivity index (χ0v) is 13.0. The van der Waals surface area contributed by atoms with Crippen molar-refractivity contribution in [3.63, 3.8) is 0 Å². The fraction of sp³-hybridized carbons (Fsp3) is 0.312. The number of nitrogens with zero attached hydrogens (tertiary/aromatic N) is 1. The van der Waals surface area contributed by atoms with Crippen molar-refractivity contribution in [2.45, 2.75) is 26.0 Å². The van der Waals surface area contributed by atoms with E-state index < -0.39 is 5.82 Å². The van der Waals surface area contributed by atoms with Crippen LogP contribution in [-0.2, 0) is 0 Å². The zero-order valence-electron chi connectivity index (χ0n) is 12.2. The molecule has 0 radical (unpaired) electrons. The number of ether oxygens (including phenoxy) is 1. The van der Waals surface area contributed by atoms with Gasteiger partial charge in [-0.05, 0) is 38.6 Å². The molecule has 5 heteroatoms. The minimum Gasteiger partial charge on any atom is -0.489 e. The Morgan fingerprint density at radius 2 is 2.05 bits per heavy atom. The summed E-state index contributed by atoms with van der Waals surface area (Å²) in [7, 11) is 1.76. The van der Waals surface area contributed by atoms with E-state index in [0.717, 1.165) is 5.56 Å². The molecule has 3 nitrogen and oxygen atoms in total. The average Bonchev–Trinajstić information content (AvgIpc) is 2.44. The van der Waals surface area contributed by atoms with Crippen molar-refractivity contribution in [3.8, 4) is 5.75 Å². The van der Waals surface area contributed by atoms with E-state index >= 15 is 0 Å². The Hall–Kier alpha value is -1.65. The van der Waals surface area contributed by atoms with Gasteiger partial charge in [-0.2, -0.15) is 0 Å². The lowest BCUT2D eigenvalue weighted by Crippen LogP contribution is -2.19. The summed E-state index contributed by atoms with van der Waals surface area (Å²) < 4.78 is 19.8. The lowest BCUT2D eigenvalue weighted by molar-refractivity contribution is 0.241. The normalized spacial score (nSPS) is 12.5. The number of hydrogen-bond donors (Lipinski definition) is 1. The van der Waals surface area contributed by atoms with Crippen LogP contribution in [0, 0.1) is 5.82 Å². The fourth-order valence-electron chi connectivity index (χ4n) is 2.18. The first-order valence-electron chi connectivity index (χ1n) is 6.75. The van der Waals surface area contributed by atoms with Crippen molar-refractivity contribution in [1.29, 1.82) is 0 Å². The predicted octanol–water partition coefficient (Wildman–Crippen LogP) is 3.97. The Morgan fingerprint density at radius 1 is 1.29 bits per heavy atom. The summed E-state index contributed by atoms with van der Waals surface area (Å²) >= 11 is 5.86. The van der Waals surface area contributed by atoms with Crippen molar-refractivity contribution < 1.29 is 9.13 Å². The predicted molar refractivity (Wildman–Crippen MR) is 82.3 cm³/mol. The molecule has 0 saturated heterocycles. The molecule has 2 rings (SSSR count). The molecule has 0 spiro atoms. The maximum Gasteiger partial charge on any atom is 0.146 e. The van der Waals surface area contributed by atoms with Crippen LogP contribution in [0.2, 0.25) is 5.02 Å². The van der Waals surface area contributed by atoms with Gasteiger partial charge in [-0.15, -0.1) is 0 Å². The second kappa shape index (κ2) is 6.87. The molecule has 0 amide bonds. The zero-order chi connectivity index (χ0) is 15.4.